The van der Waals surface area contributed by atoms with Crippen molar-refractivity contribution in [2.45, 2.75) is 36.9 Å². The monoisotopic (exact) mass is 413 g/mol. The molecule has 1 aliphatic carbocycles. The summed E-state index contributed by atoms with van der Waals surface area (Å²) in [6, 6.07) is 8.73. The molecule has 1 atom stereocenters. The molecule has 28 heavy (non-hydrogen) atoms. The summed E-state index contributed by atoms with van der Waals surface area (Å²) < 4.78 is 16.1. The fourth-order valence-corrected chi connectivity index (χ4v) is 4.62. The normalized spacial score (nSPS) is 14.6. The Morgan fingerprint density at radius 1 is 1.43 bits per heavy atom. The molecular formula is C19H16FN5OS2. The van der Waals surface area contributed by atoms with Gasteiger partial charge in [0.1, 0.15) is 10.8 Å². The Hall–Kier alpha value is -2.57. The van der Waals surface area contributed by atoms with Gasteiger partial charge in [-0.2, -0.15) is 5.26 Å². The van der Waals surface area contributed by atoms with Gasteiger partial charge >= 0.3 is 0 Å². The molecule has 0 bridgehead atoms. The molecule has 3 aromatic rings. The van der Waals surface area contributed by atoms with E-state index in [9.17, 15) is 14.4 Å². The van der Waals surface area contributed by atoms with E-state index < -0.39 is 5.92 Å². The number of halogens is 1. The number of Topliss-reactive ketones (excluding diaryl/α,β-unsaturated/α-hetero) is 1. The zero-order chi connectivity index (χ0) is 19.7. The standard InChI is InChI=1S/C19H16FN5OS2/c1-11-9-27-18(22-11)14(8-21)16(26)10-28-19-24-23-17(25(19)12-6-7-12)13-4-2-3-5-15(13)20/h2-5,9,12,14H,6-7,10H2,1H3. The predicted octanol–water partition coefficient (Wildman–Crippen LogP) is 4.15. The third-order valence-electron chi connectivity index (χ3n) is 4.37. The number of aryl methyl sites for hydroxylation is 1. The van der Waals surface area contributed by atoms with Crippen LogP contribution in [0.15, 0.2) is 34.8 Å². The Balaban J connectivity index is 1.55. The average Bonchev–Trinajstić information content (AvgIpc) is 3.30. The van der Waals surface area contributed by atoms with E-state index in [1.807, 2.05) is 22.9 Å². The van der Waals surface area contributed by atoms with Crippen LogP contribution >= 0.6 is 23.1 Å². The zero-order valence-electron chi connectivity index (χ0n) is 15.0. The van der Waals surface area contributed by atoms with Gasteiger partial charge in [0.05, 0.1) is 17.4 Å². The molecule has 1 aromatic carbocycles. The Labute approximate surface area is 169 Å². The van der Waals surface area contributed by atoms with Crippen LogP contribution in [0.4, 0.5) is 4.39 Å². The molecule has 1 saturated carbocycles. The lowest BCUT2D eigenvalue weighted by molar-refractivity contribution is -0.116. The third kappa shape index (κ3) is 3.70. The summed E-state index contributed by atoms with van der Waals surface area (Å²) >= 11 is 2.55. The molecule has 1 aliphatic rings. The molecule has 1 fully saturated rings. The number of nitrogens with zero attached hydrogens (tertiary/aromatic N) is 5. The number of carbonyl (C=O) groups is 1. The number of carbonyl (C=O) groups excluding carboxylic acids is 1. The van der Waals surface area contributed by atoms with E-state index in [1.54, 1.807) is 18.2 Å². The fourth-order valence-electron chi connectivity index (χ4n) is 2.85. The van der Waals surface area contributed by atoms with Crippen LogP contribution in [-0.4, -0.2) is 31.3 Å². The van der Waals surface area contributed by atoms with Gasteiger partial charge in [0.15, 0.2) is 22.7 Å². The number of nitriles is 1. The minimum Gasteiger partial charge on any atom is -0.299 e. The Morgan fingerprint density at radius 2 is 2.21 bits per heavy atom. The van der Waals surface area contributed by atoms with Crippen LogP contribution in [0.5, 0.6) is 0 Å². The number of thiazole rings is 1. The highest BCUT2D eigenvalue weighted by Crippen LogP contribution is 2.41. The first-order valence-corrected chi connectivity index (χ1v) is 10.6. The van der Waals surface area contributed by atoms with E-state index in [0.29, 0.717) is 21.6 Å². The van der Waals surface area contributed by atoms with Crippen LogP contribution < -0.4 is 0 Å². The van der Waals surface area contributed by atoms with Crippen LogP contribution in [0.2, 0.25) is 0 Å². The molecule has 6 nitrogen and oxygen atoms in total. The zero-order valence-corrected chi connectivity index (χ0v) is 16.6. The van der Waals surface area contributed by atoms with Crippen molar-refractivity contribution in [3.63, 3.8) is 0 Å². The minimum atomic E-state index is -0.880. The summed E-state index contributed by atoms with van der Waals surface area (Å²) in [5, 5.41) is 20.7. The summed E-state index contributed by atoms with van der Waals surface area (Å²) in [6.07, 6.45) is 1.94. The topological polar surface area (TPSA) is 84.5 Å². The summed E-state index contributed by atoms with van der Waals surface area (Å²) in [5.41, 5.74) is 1.19. The fraction of sp³-hybridized carbons (Fsp3) is 0.316. The van der Waals surface area contributed by atoms with Gasteiger partial charge in [-0.05, 0) is 31.9 Å². The number of ketones is 1. The highest BCUT2D eigenvalue weighted by atomic mass is 32.2. The van der Waals surface area contributed by atoms with E-state index in [4.69, 9.17) is 0 Å². The van der Waals surface area contributed by atoms with Crippen molar-refractivity contribution in [3.8, 4) is 17.5 Å². The largest absolute Gasteiger partial charge is 0.299 e. The second kappa shape index (κ2) is 7.81. The van der Waals surface area contributed by atoms with Gasteiger partial charge < -0.3 is 0 Å². The van der Waals surface area contributed by atoms with Crippen molar-refractivity contribution in [2.24, 2.45) is 0 Å². The van der Waals surface area contributed by atoms with E-state index in [0.717, 1.165) is 18.5 Å². The van der Waals surface area contributed by atoms with Gasteiger partial charge in [-0.25, -0.2) is 9.37 Å². The SMILES string of the molecule is Cc1csc(C(C#N)C(=O)CSc2nnc(-c3ccccc3F)n2C2CC2)n1. The van der Waals surface area contributed by atoms with Crippen molar-refractivity contribution in [3.05, 3.63) is 46.2 Å². The van der Waals surface area contributed by atoms with Crippen molar-refractivity contribution in [2.75, 3.05) is 5.75 Å². The molecule has 2 heterocycles. The van der Waals surface area contributed by atoms with E-state index in [2.05, 4.69) is 15.2 Å². The number of aromatic nitrogens is 4. The highest BCUT2D eigenvalue weighted by Gasteiger charge is 2.32. The minimum absolute atomic E-state index is 0.0823. The van der Waals surface area contributed by atoms with Gasteiger partial charge in [-0.15, -0.1) is 21.5 Å². The first kappa shape index (κ1) is 18.8. The molecule has 142 valence electrons. The summed E-state index contributed by atoms with van der Waals surface area (Å²) in [4.78, 5) is 16.8. The van der Waals surface area contributed by atoms with Crippen molar-refractivity contribution >= 4 is 28.9 Å². The van der Waals surface area contributed by atoms with Gasteiger partial charge in [-0.1, -0.05) is 23.9 Å². The molecule has 0 saturated heterocycles. The Bertz CT molecular complexity index is 1070. The average molecular weight is 414 g/mol. The van der Waals surface area contributed by atoms with E-state index in [1.165, 1.54) is 29.2 Å². The maximum atomic E-state index is 14.2. The number of thioether (sulfide) groups is 1. The van der Waals surface area contributed by atoms with Crippen LogP contribution in [0.1, 0.15) is 35.5 Å². The highest BCUT2D eigenvalue weighted by molar-refractivity contribution is 7.99. The van der Waals surface area contributed by atoms with Gasteiger partial charge in [-0.3, -0.25) is 9.36 Å². The van der Waals surface area contributed by atoms with Gasteiger partial charge in [0.25, 0.3) is 0 Å². The van der Waals surface area contributed by atoms with Crippen LogP contribution in [0.3, 0.4) is 0 Å². The summed E-state index contributed by atoms with van der Waals surface area (Å²) in [6.45, 7) is 1.83. The summed E-state index contributed by atoms with van der Waals surface area (Å²) in [7, 11) is 0. The van der Waals surface area contributed by atoms with Crippen molar-refractivity contribution in [1.29, 1.82) is 5.26 Å². The van der Waals surface area contributed by atoms with E-state index >= 15 is 0 Å². The molecule has 2 aromatic heterocycles. The van der Waals surface area contributed by atoms with Gasteiger partial charge in [0.2, 0.25) is 0 Å². The maximum absolute atomic E-state index is 14.2. The molecular weight excluding hydrogens is 397 g/mol. The smallest absolute Gasteiger partial charge is 0.192 e. The van der Waals surface area contributed by atoms with Crippen LogP contribution in [0.25, 0.3) is 11.4 Å². The number of rotatable bonds is 7. The van der Waals surface area contributed by atoms with Crippen molar-refractivity contribution < 1.29 is 9.18 Å². The number of hydrogen-bond acceptors (Lipinski definition) is 7. The molecule has 0 aliphatic heterocycles. The molecule has 0 radical (unpaired) electrons. The van der Waals surface area contributed by atoms with Gasteiger partial charge in [0, 0.05) is 17.1 Å². The Kier molecular flexibility index (Phi) is 5.24. The second-order valence-corrected chi connectivity index (χ2v) is 8.36. The molecule has 9 heteroatoms. The number of hydrogen-bond donors (Lipinski definition) is 0. The van der Waals surface area contributed by atoms with Crippen LogP contribution in [-0.2, 0) is 4.79 Å². The lowest BCUT2D eigenvalue weighted by Crippen LogP contribution is -2.14. The third-order valence-corrected chi connectivity index (χ3v) is 6.36. The Morgan fingerprint density at radius 3 is 2.86 bits per heavy atom. The molecule has 0 N–H and O–H groups in total. The maximum Gasteiger partial charge on any atom is 0.192 e. The summed E-state index contributed by atoms with van der Waals surface area (Å²) in [5.74, 6) is -0.899. The molecule has 0 spiro atoms. The van der Waals surface area contributed by atoms with E-state index in [-0.39, 0.29) is 23.4 Å². The quantitative estimate of drug-likeness (QED) is 0.541. The number of benzene rings is 1. The predicted molar refractivity (Wildman–Crippen MR) is 105 cm³/mol. The molecule has 0 amide bonds. The van der Waals surface area contributed by atoms with Crippen LogP contribution in [0, 0.1) is 24.1 Å². The lowest BCUT2D eigenvalue weighted by atomic mass is 10.1. The molecule has 1 unspecified atom stereocenters. The molecule has 4 rings (SSSR count). The lowest BCUT2D eigenvalue weighted by Gasteiger charge is -2.09. The van der Waals surface area contributed by atoms with Crippen molar-refractivity contribution in [1.82, 2.24) is 19.7 Å². The second-order valence-electron chi connectivity index (χ2n) is 6.53. The first-order chi connectivity index (χ1) is 13.6. The first-order valence-electron chi connectivity index (χ1n) is 8.75.